The van der Waals surface area contributed by atoms with Gasteiger partial charge < -0.3 is 5.32 Å². The van der Waals surface area contributed by atoms with Crippen LogP contribution in [0.4, 0.5) is 0 Å². The Morgan fingerprint density at radius 2 is 2.33 bits per heavy atom. The number of nitrogens with one attached hydrogen (secondary N) is 1. The molecule has 2 atom stereocenters. The van der Waals surface area contributed by atoms with Gasteiger partial charge in [0.1, 0.15) is 0 Å². The van der Waals surface area contributed by atoms with E-state index in [0.717, 1.165) is 6.54 Å². The van der Waals surface area contributed by atoms with E-state index < -0.39 is 0 Å². The lowest BCUT2D eigenvalue weighted by atomic mass is 10.2. The normalized spacial score (nSPS) is 27.1. The fraction of sp³-hybridized carbons (Fsp3) is 0.889. The summed E-state index contributed by atoms with van der Waals surface area (Å²) < 4.78 is 0. The molecule has 70 valence electrons. The Hall–Kier alpha value is -0.570. The topological polar surface area (TPSA) is 32.3 Å². The highest BCUT2D eigenvalue weighted by molar-refractivity contribution is 5.81. The van der Waals surface area contributed by atoms with Gasteiger partial charge in [-0.3, -0.25) is 9.69 Å². The zero-order valence-corrected chi connectivity index (χ0v) is 8.13. The number of carbonyl (C=O) groups excluding carboxylic acids is 1. The molecule has 1 N–H and O–H groups in total. The number of carbonyl (C=O) groups is 1. The Morgan fingerprint density at radius 1 is 1.67 bits per heavy atom. The van der Waals surface area contributed by atoms with Crippen molar-refractivity contribution in [2.24, 2.45) is 0 Å². The maximum absolute atomic E-state index is 11.3. The van der Waals surface area contributed by atoms with E-state index in [1.165, 1.54) is 12.8 Å². The van der Waals surface area contributed by atoms with Gasteiger partial charge in [-0.05, 0) is 33.2 Å². The molecule has 1 fully saturated rings. The molecular weight excluding hydrogens is 152 g/mol. The van der Waals surface area contributed by atoms with Gasteiger partial charge in [0, 0.05) is 13.1 Å². The van der Waals surface area contributed by atoms with E-state index in [2.05, 4.69) is 17.1 Å². The van der Waals surface area contributed by atoms with Crippen molar-refractivity contribution < 1.29 is 4.79 Å². The Bertz CT molecular complexity index is 170. The largest absolute Gasteiger partial charge is 0.358 e. The highest BCUT2D eigenvalue weighted by Gasteiger charge is 2.28. The number of amides is 1. The second-order valence-electron chi connectivity index (χ2n) is 3.52. The maximum Gasteiger partial charge on any atom is 0.236 e. The summed E-state index contributed by atoms with van der Waals surface area (Å²) in [5, 5.41) is 2.68. The molecule has 0 radical (unpaired) electrons. The van der Waals surface area contributed by atoms with Crippen LogP contribution in [0.15, 0.2) is 0 Å². The summed E-state index contributed by atoms with van der Waals surface area (Å²) in [5.41, 5.74) is 0. The number of hydrogen-bond acceptors (Lipinski definition) is 2. The molecule has 0 aromatic rings. The van der Waals surface area contributed by atoms with Gasteiger partial charge in [-0.15, -0.1) is 0 Å². The lowest BCUT2D eigenvalue weighted by Crippen LogP contribution is -2.45. The van der Waals surface area contributed by atoms with Gasteiger partial charge in [0.25, 0.3) is 0 Å². The van der Waals surface area contributed by atoms with Crippen LogP contribution in [-0.4, -0.2) is 36.5 Å². The summed E-state index contributed by atoms with van der Waals surface area (Å²) in [5.74, 6) is 0.128. The van der Waals surface area contributed by atoms with E-state index in [-0.39, 0.29) is 11.9 Å². The molecule has 0 aliphatic carbocycles. The van der Waals surface area contributed by atoms with E-state index in [1.54, 1.807) is 7.05 Å². The van der Waals surface area contributed by atoms with Gasteiger partial charge in [0.15, 0.2) is 0 Å². The first-order valence-corrected chi connectivity index (χ1v) is 4.64. The number of nitrogens with zero attached hydrogens (tertiary/aromatic N) is 1. The van der Waals surface area contributed by atoms with Gasteiger partial charge in [0.05, 0.1) is 6.04 Å². The molecule has 0 aromatic carbocycles. The van der Waals surface area contributed by atoms with E-state index in [1.807, 2.05) is 6.92 Å². The van der Waals surface area contributed by atoms with Crippen molar-refractivity contribution >= 4 is 5.91 Å². The summed E-state index contributed by atoms with van der Waals surface area (Å²) in [7, 11) is 1.69. The molecule has 1 rings (SSSR count). The molecule has 0 spiro atoms. The Balaban J connectivity index is 2.51. The zero-order valence-electron chi connectivity index (χ0n) is 8.13. The second kappa shape index (κ2) is 3.90. The molecule has 3 heteroatoms. The van der Waals surface area contributed by atoms with E-state index >= 15 is 0 Å². The fourth-order valence-corrected chi connectivity index (χ4v) is 1.89. The van der Waals surface area contributed by atoms with Crippen LogP contribution in [0.1, 0.15) is 26.7 Å². The molecule has 0 saturated carbocycles. The smallest absolute Gasteiger partial charge is 0.236 e. The monoisotopic (exact) mass is 170 g/mol. The number of likely N-dealkylation sites (N-methyl/N-ethyl adjacent to an activating group) is 1. The minimum atomic E-state index is 0.0347. The van der Waals surface area contributed by atoms with Gasteiger partial charge in [-0.2, -0.15) is 0 Å². The van der Waals surface area contributed by atoms with E-state index in [0.29, 0.717) is 6.04 Å². The highest BCUT2D eigenvalue weighted by atomic mass is 16.2. The van der Waals surface area contributed by atoms with Crippen LogP contribution in [0.3, 0.4) is 0 Å². The summed E-state index contributed by atoms with van der Waals surface area (Å²) >= 11 is 0. The van der Waals surface area contributed by atoms with Gasteiger partial charge in [0.2, 0.25) is 5.91 Å². The first-order valence-electron chi connectivity index (χ1n) is 4.64. The third-order valence-corrected chi connectivity index (χ3v) is 2.73. The van der Waals surface area contributed by atoms with Crippen LogP contribution in [-0.2, 0) is 4.79 Å². The maximum atomic E-state index is 11.3. The molecule has 0 bridgehead atoms. The van der Waals surface area contributed by atoms with Crippen molar-refractivity contribution in [3.8, 4) is 0 Å². The summed E-state index contributed by atoms with van der Waals surface area (Å²) in [6, 6.07) is 0.602. The van der Waals surface area contributed by atoms with Crippen molar-refractivity contribution in [2.45, 2.75) is 38.8 Å². The molecule has 2 unspecified atom stereocenters. The standard InChI is InChI=1S/C9H18N2O/c1-7-5-4-6-11(7)8(2)9(12)10-3/h7-8H,4-6H2,1-3H3,(H,10,12). The zero-order chi connectivity index (χ0) is 9.14. The average molecular weight is 170 g/mol. The van der Waals surface area contributed by atoms with Crippen molar-refractivity contribution in [2.75, 3.05) is 13.6 Å². The predicted octanol–water partition coefficient (Wildman–Crippen LogP) is 0.605. The van der Waals surface area contributed by atoms with Gasteiger partial charge in [-0.1, -0.05) is 0 Å². The third kappa shape index (κ3) is 1.78. The molecular formula is C9H18N2O. The third-order valence-electron chi connectivity index (χ3n) is 2.73. The molecule has 1 saturated heterocycles. The summed E-state index contributed by atoms with van der Waals surface area (Å²) in [6.45, 7) is 5.23. The minimum Gasteiger partial charge on any atom is -0.358 e. The van der Waals surface area contributed by atoms with Crippen molar-refractivity contribution in [1.82, 2.24) is 10.2 Å². The Morgan fingerprint density at radius 3 is 2.75 bits per heavy atom. The van der Waals surface area contributed by atoms with E-state index in [4.69, 9.17) is 0 Å². The van der Waals surface area contributed by atoms with Crippen LogP contribution in [0, 0.1) is 0 Å². The van der Waals surface area contributed by atoms with Crippen LogP contribution < -0.4 is 5.32 Å². The van der Waals surface area contributed by atoms with Gasteiger partial charge in [-0.25, -0.2) is 0 Å². The second-order valence-corrected chi connectivity index (χ2v) is 3.52. The first-order chi connectivity index (χ1) is 5.66. The van der Waals surface area contributed by atoms with Crippen molar-refractivity contribution in [3.05, 3.63) is 0 Å². The lowest BCUT2D eigenvalue weighted by Gasteiger charge is -2.26. The molecule has 0 aromatic heterocycles. The fourth-order valence-electron chi connectivity index (χ4n) is 1.89. The van der Waals surface area contributed by atoms with Crippen LogP contribution >= 0.6 is 0 Å². The molecule has 12 heavy (non-hydrogen) atoms. The van der Waals surface area contributed by atoms with Crippen LogP contribution in [0.2, 0.25) is 0 Å². The molecule has 1 amide bonds. The highest BCUT2D eigenvalue weighted by Crippen LogP contribution is 2.18. The molecule has 1 aliphatic heterocycles. The predicted molar refractivity (Wildman–Crippen MR) is 48.9 cm³/mol. The number of rotatable bonds is 2. The van der Waals surface area contributed by atoms with Crippen LogP contribution in [0.5, 0.6) is 0 Å². The quantitative estimate of drug-likeness (QED) is 0.658. The minimum absolute atomic E-state index is 0.0347. The average Bonchev–Trinajstić information content (AvgIpc) is 2.48. The summed E-state index contributed by atoms with van der Waals surface area (Å²) in [6.07, 6.45) is 2.45. The SMILES string of the molecule is CNC(=O)C(C)N1CCCC1C. The molecule has 1 aliphatic rings. The molecule has 1 heterocycles. The lowest BCUT2D eigenvalue weighted by molar-refractivity contribution is -0.125. The summed E-state index contributed by atoms with van der Waals surface area (Å²) in [4.78, 5) is 13.6. The van der Waals surface area contributed by atoms with E-state index in [9.17, 15) is 4.79 Å². The number of hydrogen-bond donors (Lipinski definition) is 1. The van der Waals surface area contributed by atoms with Crippen molar-refractivity contribution in [1.29, 1.82) is 0 Å². The van der Waals surface area contributed by atoms with Crippen molar-refractivity contribution in [3.63, 3.8) is 0 Å². The van der Waals surface area contributed by atoms with Gasteiger partial charge >= 0.3 is 0 Å². The molecule has 3 nitrogen and oxygen atoms in total. The Kier molecular flexibility index (Phi) is 3.09. The first kappa shape index (κ1) is 9.52. The Labute approximate surface area is 74.1 Å². The van der Waals surface area contributed by atoms with Crippen LogP contribution in [0.25, 0.3) is 0 Å². The number of likely N-dealkylation sites (tertiary alicyclic amines) is 1.